The fourth-order valence-corrected chi connectivity index (χ4v) is 1.41. The average molecular weight is 280 g/mol. The van der Waals surface area contributed by atoms with Gasteiger partial charge in [0, 0.05) is 12.1 Å². The van der Waals surface area contributed by atoms with Gasteiger partial charge in [-0.15, -0.1) is 0 Å². The minimum Gasteiger partial charge on any atom is -0.397 e. The summed E-state index contributed by atoms with van der Waals surface area (Å²) in [7, 11) is 0. The van der Waals surface area contributed by atoms with Crippen molar-refractivity contribution >= 4 is 11.8 Å². The van der Waals surface area contributed by atoms with Crippen LogP contribution in [0.1, 0.15) is 12.5 Å². The first-order chi connectivity index (χ1) is 9.99. The quantitative estimate of drug-likeness (QED) is 0.394. The molecule has 0 bridgehead atoms. The largest absolute Gasteiger partial charge is 0.397 e. The lowest BCUT2D eigenvalue weighted by Gasteiger charge is -1.98. The van der Waals surface area contributed by atoms with Crippen LogP contribution >= 0.6 is 0 Å². The number of nitrogens with zero attached hydrogens (tertiary/aromatic N) is 3. The Hall–Kier alpha value is -3.38. The summed E-state index contributed by atoms with van der Waals surface area (Å²) in [5, 5.41) is 28.2. The van der Waals surface area contributed by atoms with E-state index in [-0.39, 0.29) is 22.5 Å². The van der Waals surface area contributed by atoms with Crippen LogP contribution in [0.5, 0.6) is 0 Å². The summed E-state index contributed by atoms with van der Waals surface area (Å²) in [6.45, 7) is 1.53. The predicted molar refractivity (Wildman–Crippen MR) is 78.3 cm³/mol. The van der Waals surface area contributed by atoms with Crippen LogP contribution in [0.4, 0.5) is 5.69 Å². The average Bonchev–Trinajstić information content (AvgIpc) is 2.50. The molecule has 0 atom stereocenters. The molecule has 0 saturated heterocycles. The predicted octanol–water partition coefficient (Wildman–Crippen LogP) is 2.81. The van der Waals surface area contributed by atoms with Gasteiger partial charge in [-0.1, -0.05) is 12.2 Å². The fraction of sp³-hybridized carbons (Fsp3) is 0.0667. The maximum atomic E-state index is 10.5. The zero-order chi connectivity index (χ0) is 15.8. The van der Waals surface area contributed by atoms with Gasteiger partial charge in [-0.05, 0) is 30.7 Å². The topological polar surface area (TPSA) is 117 Å². The van der Waals surface area contributed by atoms with Crippen LogP contribution in [0.3, 0.4) is 0 Å². The van der Waals surface area contributed by atoms with Crippen LogP contribution in [0.15, 0.2) is 53.3 Å². The third-order valence-electron chi connectivity index (χ3n) is 2.64. The van der Waals surface area contributed by atoms with Gasteiger partial charge in [-0.25, -0.2) is 0 Å². The van der Waals surface area contributed by atoms with Crippen molar-refractivity contribution in [3.63, 3.8) is 0 Å². The Morgan fingerprint density at radius 1 is 1.29 bits per heavy atom. The maximum absolute atomic E-state index is 10.5. The number of allylic oxidation sites excluding steroid dienone is 4. The molecule has 1 aromatic rings. The number of nitrogens with two attached hydrogens (primary N) is 1. The second-order valence-corrected chi connectivity index (χ2v) is 4.05. The Bertz CT molecular complexity index is 714. The molecule has 0 aliphatic carbocycles. The lowest BCUT2D eigenvalue weighted by atomic mass is 10.1. The highest BCUT2D eigenvalue weighted by molar-refractivity contribution is 5.56. The first-order valence-electron chi connectivity index (χ1n) is 5.89. The summed E-state index contributed by atoms with van der Waals surface area (Å²) < 4.78 is 0. The molecule has 0 amide bonds. The number of benzene rings is 1. The summed E-state index contributed by atoms with van der Waals surface area (Å²) in [5.41, 5.74) is 7.02. The molecule has 1 rings (SSSR count). The molecule has 0 heterocycles. The molecule has 2 N–H and O–H groups in total. The SMILES string of the molecule is C/C(C#N)=C(N)/C(C#N)=C/C=C/c1ccc([N+](=O)[O-])cc1. The number of rotatable bonds is 4. The highest BCUT2D eigenvalue weighted by Crippen LogP contribution is 2.13. The number of nitriles is 2. The van der Waals surface area contributed by atoms with E-state index in [1.165, 1.54) is 25.1 Å². The molecule has 0 fully saturated rings. The Morgan fingerprint density at radius 3 is 2.38 bits per heavy atom. The lowest BCUT2D eigenvalue weighted by Crippen LogP contribution is -2.02. The van der Waals surface area contributed by atoms with Gasteiger partial charge in [0.1, 0.15) is 6.07 Å². The van der Waals surface area contributed by atoms with Crippen LogP contribution < -0.4 is 5.73 Å². The van der Waals surface area contributed by atoms with Gasteiger partial charge in [0.2, 0.25) is 0 Å². The minimum absolute atomic E-state index is 0.0113. The number of nitro benzene ring substituents is 1. The first-order valence-corrected chi connectivity index (χ1v) is 5.89. The Labute approximate surface area is 121 Å². The molecule has 0 aliphatic rings. The second-order valence-electron chi connectivity index (χ2n) is 4.05. The maximum Gasteiger partial charge on any atom is 0.269 e. The van der Waals surface area contributed by atoms with Crippen LogP contribution in [0.2, 0.25) is 0 Å². The van der Waals surface area contributed by atoms with Crippen LogP contribution in [-0.4, -0.2) is 4.92 Å². The molecule has 1 aromatic carbocycles. The standard InChI is InChI=1S/C15H12N4O2/c1-11(9-16)15(18)13(10-17)4-2-3-12-5-7-14(8-6-12)19(20)21/h2-8H,18H2,1H3/b3-2+,13-4+,15-11+. The van der Waals surface area contributed by atoms with Crippen molar-refractivity contribution in [2.75, 3.05) is 0 Å². The lowest BCUT2D eigenvalue weighted by molar-refractivity contribution is -0.384. The smallest absolute Gasteiger partial charge is 0.269 e. The zero-order valence-electron chi connectivity index (χ0n) is 11.3. The van der Waals surface area contributed by atoms with Gasteiger partial charge in [0.05, 0.1) is 27.8 Å². The first kappa shape index (κ1) is 15.7. The molecule has 6 nitrogen and oxygen atoms in total. The van der Waals surface area contributed by atoms with Crippen LogP contribution in [-0.2, 0) is 0 Å². The van der Waals surface area contributed by atoms with Crippen molar-refractivity contribution in [2.45, 2.75) is 6.92 Å². The fourth-order valence-electron chi connectivity index (χ4n) is 1.41. The number of hydrogen-bond donors (Lipinski definition) is 1. The summed E-state index contributed by atoms with van der Waals surface area (Å²) in [6, 6.07) is 9.76. The molecule has 0 aromatic heterocycles. The Kier molecular flexibility index (Phi) is 5.43. The van der Waals surface area contributed by atoms with E-state index < -0.39 is 4.92 Å². The van der Waals surface area contributed by atoms with Crippen molar-refractivity contribution in [3.8, 4) is 12.1 Å². The molecular weight excluding hydrogens is 268 g/mol. The molecular formula is C15H12N4O2. The van der Waals surface area contributed by atoms with Crippen molar-refractivity contribution in [2.24, 2.45) is 5.73 Å². The normalized spacial score (nSPS) is 12.4. The highest BCUT2D eigenvalue weighted by Gasteiger charge is 2.03. The molecule has 0 spiro atoms. The second kappa shape index (κ2) is 7.27. The molecule has 0 saturated carbocycles. The van der Waals surface area contributed by atoms with E-state index in [1.54, 1.807) is 24.3 Å². The van der Waals surface area contributed by atoms with Gasteiger partial charge in [-0.2, -0.15) is 10.5 Å². The third kappa shape index (κ3) is 4.34. The number of nitro groups is 1. The van der Waals surface area contributed by atoms with E-state index in [0.29, 0.717) is 0 Å². The van der Waals surface area contributed by atoms with Crippen molar-refractivity contribution in [1.82, 2.24) is 0 Å². The monoisotopic (exact) mass is 280 g/mol. The van der Waals surface area contributed by atoms with E-state index in [4.69, 9.17) is 16.3 Å². The Balaban J connectivity index is 2.95. The number of non-ortho nitro benzene ring substituents is 1. The highest BCUT2D eigenvalue weighted by atomic mass is 16.6. The van der Waals surface area contributed by atoms with Gasteiger partial charge >= 0.3 is 0 Å². The van der Waals surface area contributed by atoms with Gasteiger partial charge in [0.15, 0.2) is 0 Å². The van der Waals surface area contributed by atoms with Crippen molar-refractivity contribution < 1.29 is 4.92 Å². The van der Waals surface area contributed by atoms with Crippen LogP contribution in [0.25, 0.3) is 6.08 Å². The van der Waals surface area contributed by atoms with E-state index in [1.807, 2.05) is 12.1 Å². The zero-order valence-corrected chi connectivity index (χ0v) is 11.3. The van der Waals surface area contributed by atoms with E-state index in [9.17, 15) is 10.1 Å². The molecule has 0 unspecified atom stereocenters. The van der Waals surface area contributed by atoms with Gasteiger partial charge < -0.3 is 5.73 Å². The summed E-state index contributed by atoms with van der Waals surface area (Å²) >= 11 is 0. The van der Waals surface area contributed by atoms with Crippen molar-refractivity contribution in [3.05, 3.63) is 68.9 Å². The van der Waals surface area contributed by atoms with Gasteiger partial charge in [-0.3, -0.25) is 10.1 Å². The third-order valence-corrected chi connectivity index (χ3v) is 2.64. The number of hydrogen-bond acceptors (Lipinski definition) is 5. The van der Waals surface area contributed by atoms with Crippen molar-refractivity contribution in [1.29, 1.82) is 10.5 Å². The van der Waals surface area contributed by atoms with Gasteiger partial charge in [0.25, 0.3) is 5.69 Å². The Morgan fingerprint density at radius 2 is 1.90 bits per heavy atom. The molecule has 0 radical (unpaired) electrons. The van der Waals surface area contributed by atoms with E-state index in [2.05, 4.69) is 0 Å². The van der Waals surface area contributed by atoms with E-state index in [0.717, 1.165) is 5.56 Å². The molecule has 0 aliphatic heterocycles. The summed E-state index contributed by atoms with van der Waals surface area (Å²) in [5.74, 6) is 0. The summed E-state index contributed by atoms with van der Waals surface area (Å²) in [6.07, 6.45) is 4.75. The van der Waals surface area contributed by atoms with Crippen LogP contribution in [0, 0.1) is 32.8 Å². The molecule has 104 valence electrons. The minimum atomic E-state index is -0.475. The summed E-state index contributed by atoms with van der Waals surface area (Å²) in [4.78, 5) is 10.0. The van der Waals surface area contributed by atoms with E-state index >= 15 is 0 Å². The molecule has 21 heavy (non-hydrogen) atoms. The molecule has 6 heteroatoms.